The molecular formula is C17H22N2. The highest BCUT2D eigenvalue weighted by Gasteiger charge is 2.22. The lowest BCUT2D eigenvalue weighted by Crippen LogP contribution is -2.37. The van der Waals surface area contributed by atoms with Crippen molar-refractivity contribution in [2.75, 3.05) is 13.1 Å². The fourth-order valence-electron chi connectivity index (χ4n) is 3.06. The zero-order chi connectivity index (χ0) is 13.1. The van der Waals surface area contributed by atoms with E-state index in [-0.39, 0.29) is 0 Å². The molecule has 2 heteroatoms. The first kappa shape index (κ1) is 12.5. The van der Waals surface area contributed by atoms with E-state index < -0.39 is 0 Å². The molecule has 0 fully saturated rings. The number of hydrogen-bond donors (Lipinski definition) is 0. The second-order valence-corrected chi connectivity index (χ2v) is 5.43. The minimum Gasteiger partial charge on any atom is -0.349 e. The van der Waals surface area contributed by atoms with Crippen LogP contribution in [0.1, 0.15) is 30.6 Å². The Bertz CT molecular complexity index is 515. The fraction of sp³-hybridized carbons (Fsp3) is 0.412. The minimum absolute atomic E-state index is 0.555. The minimum atomic E-state index is 0.555. The van der Waals surface area contributed by atoms with Crippen LogP contribution >= 0.6 is 0 Å². The molecule has 1 aliphatic rings. The van der Waals surface area contributed by atoms with Gasteiger partial charge in [0.05, 0.1) is 0 Å². The van der Waals surface area contributed by atoms with Gasteiger partial charge in [-0.1, -0.05) is 30.3 Å². The van der Waals surface area contributed by atoms with Gasteiger partial charge in [-0.05, 0) is 44.0 Å². The lowest BCUT2D eigenvalue weighted by Gasteiger charge is -2.34. The van der Waals surface area contributed by atoms with Crippen molar-refractivity contribution < 1.29 is 0 Å². The largest absolute Gasteiger partial charge is 0.349 e. The maximum atomic E-state index is 2.61. The molecule has 1 aromatic carbocycles. The molecule has 2 heterocycles. The van der Waals surface area contributed by atoms with Crippen molar-refractivity contribution in [1.29, 1.82) is 0 Å². The van der Waals surface area contributed by atoms with Crippen molar-refractivity contribution in [1.82, 2.24) is 9.47 Å². The highest BCUT2D eigenvalue weighted by molar-refractivity contribution is 5.15. The monoisotopic (exact) mass is 254 g/mol. The molecule has 0 aliphatic carbocycles. The first-order valence-corrected chi connectivity index (χ1v) is 7.27. The smallest absolute Gasteiger partial charge is 0.0472 e. The van der Waals surface area contributed by atoms with E-state index in [1.165, 1.54) is 37.2 Å². The van der Waals surface area contributed by atoms with Crippen LogP contribution in [0.4, 0.5) is 0 Å². The Hall–Kier alpha value is -1.54. The number of aryl methyl sites for hydroxylation is 1. The molecule has 0 saturated carbocycles. The van der Waals surface area contributed by atoms with Crippen LogP contribution in [-0.2, 0) is 13.0 Å². The quantitative estimate of drug-likeness (QED) is 0.810. The second-order valence-electron chi connectivity index (χ2n) is 5.43. The summed E-state index contributed by atoms with van der Waals surface area (Å²) in [6.07, 6.45) is 4.63. The fourth-order valence-corrected chi connectivity index (χ4v) is 3.06. The topological polar surface area (TPSA) is 8.17 Å². The Labute approximate surface area is 115 Å². The standard InChI is InChI=1S/C17H22N2/c1-15-17-10-6-12-19(17)14-13-18(15)11-5-9-16-7-3-2-4-8-16/h2-4,6-8,10,12,15H,5,9,11,13-14H2,1H3/t15-/m0/s1. The molecule has 2 nitrogen and oxygen atoms in total. The summed E-state index contributed by atoms with van der Waals surface area (Å²) in [5.41, 5.74) is 2.92. The Morgan fingerprint density at radius 1 is 1.05 bits per heavy atom. The predicted molar refractivity (Wildman–Crippen MR) is 79.2 cm³/mol. The number of fused-ring (bicyclic) bond motifs is 1. The third-order valence-electron chi connectivity index (χ3n) is 4.22. The van der Waals surface area contributed by atoms with Crippen LogP contribution in [0.2, 0.25) is 0 Å². The first-order chi connectivity index (χ1) is 9.34. The van der Waals surface area contributed by atoms with Gasteiger partial charge in [0.15, 0.2) is 0 Å². The van der Waals surface area contributed by atoms with E-state index in [2.05, 4.69) is 65.1 Å². The average molecular weight is 254 g/mol. The van der Waals surface area contributed by atoms with E-state index in [1.54, 1.807) is 0 Å². The second kappa shape index (κ2) is 5.62. The van der Waals surface area contributed by atoms with Crippen molar-refractivity contribution in [3.8, 4) is 0 Å². The Kier molecular flexibility index (Phi) is 3.69. The molecule has 0 radical (unpaired) electrons. The maximum Gasteiger partial charge on any atom is 0.0472 e. The number of aromatic nitrogens is 1. The Morgan fingerprint density at radius 2 is 1.89 bits per heavy atom. The van der Waals surface area contributed by atoms with E-state index in [4.69, 9.17) is 0 Å². The van der Waals surface area contributed by atoms with E-state index in [9.17, 15) is 0 Å². The van der Waals surface area contributed by atoms with E-state index in [0.29, 0.717) is 6.04 Å². The SMILES string of the molecule is C[C@H]1c2cccn2CCN1CCCc1ccccc1. The highest BCUT2D eigenvalue weighted by atomic mass is 15.2. The van der Waals surface area contributed by atoms with Crippen molar-refractivity contribution in [3.05, 3.63) is 59.9 Å². The zero-order valence-corrected chi connectivity index (χ0v) is 11.6. The third-order valence-corrected chi connectivity index (χ3v) is 4.22. The number of nitrogens with zero attached hydrogens (tertiary/aromatic N) is 2. The van der Waals surface area contributed by atoms with Gasteiger partial charge < -0.3 is 4.57 Å². The number of benzene rings is 1. The van der Waals surface area contributed by atoms with E-state index >= 15 is 0 Å². The van der Waals surface area contributed by atoms with Crippen LogP contribution in [0.15, 0.2) is 48.7 Å². The van der Waals surface area contributed by atoms with Gasteiger partial charge in [0, 0.05) is 31.0 Å². The van der Waals surface area contributed by atoms with Crippen LogP contribution in [-0.4, -0.2) is 22.6 Å². The lowest BCUT2D eigenvalue weighted by atomic mass is 10.1. The molecule has 0 saturated heterocycles. The molecule has 0 spiro atoms. The summed E-state index contributed by atoms with van der Waals surface area (Å²) in [5, 5.41) is 0. The Balaban J connectivity index is 1.54. The molecule has 0 amide bonds. The van der Waals surface area contributed by atoms with Crippen LogP contribution in [0, 0.1) is 0 Å². The van der Waals surface area contributed by atoms with Gasteiger partial charge in [-0.15, -0.1) is 0 Å². The van der Waals surface area contributed by atoms with E-state index in [0.717, 1.165) is 6.54 Å². The van der Waals surface area contributed by atoms with Gasteiger partial charge >= 0.3 is 0 Å². The molecule has 0 N–H and O–H groups in total. The molecule has 100 valence electrons. The molecule has 1 aromatic heterocycles. The van der Waals surface area contributed by atoms with Gasteiger partial charge in [-0.2, -0.15) is 0 Å². The van der Waals surface area contributed by atoms with Crippen molar-refractivity contribution in [2.45, 2.75) is 32.4 Å². The lowest BCUT2D eigenvalue weighted by molar-refractivity contribution is 0.167. The van der Waals surface area contributed by atoms with E-state index in [1.807, 2.05) is 0 Å². The molecule has 1 atom stereocenters. The first-order valence-electron chi connectivity index (χ1n) is 7.27. The van der Waals surface area contributed by atoms with Crippen LogP contribution in [0.25, 0.3) is 0 Å². The summed E-state index contributed by atoms with van der Waals surface area (Å²) in [5.74, 6) is 0. The molecule has 3 rings (SSSR count). The summed E-state index contributed by atoms with van der Waals surface area (Å²) in [6, 6.07) is 15.8. The number of rotatable bonds is 4. The normalized spacial score (nSPS) is 19.3. The van der Waals surface area contributed by atoms with Gasteiger partial charge in [0.2, 0.25) is 0 Å². The van der Waals surface area contributed by atoms with Gasteiger partial charge in [0.25, 0.3) is 0 Å². The molecule has 0 bridgehead atoms. The van der Waals surface area contributed by atoms with Crippen LogP contribution in [0.5, 0.6) is 0 Å². The maximum absolute atomic E-state index is 2.61. The predicted octanol–water partition coefficient (Wildman–Crippen LogP) is 3.50. The molecule has 1 aliphatic heterocycles. The van der Waals surface area contributed by atoms with Crippen molar-refractivity contribution in [3.63, 3.8) is 0 Å². The number of hydrogen-bond acceptors (Lipinski definition) is 1. The van der Waals surface area contributed by atoms with Gasteiger partial charge in [-0.3, -0.25) is 4.90 Å². The molecule has 2 aromatic rings. The summed E-state index contributed by atoms with van der Waals surface area (Å²) in [4.78, 5) is 2.61. The highest BCUT2D eigenvalue weighted by Crippen LogP contribution is 2.25. The van der Waals surface area contributed by atoms with Crippen molar-refractivity contribution in [2.24, 2.45) is 0 Å². The molecular weight excluding hydrogens is 232 g/mol. The Morgan fingerprint density at radius 3 is 2.74 bits per heavy atom. The van der Waals surface area contributed by atoms with Gasteiger partial charge in [0.1, 0.15) is 0 Å². The zero-order valence-electron chi connectivity index (χ0n) is 11.6. The third kappa shape index (κ3) is 2.74. The van der Waals surface area contributed by atoms with Crippen molar-refractivity contribution >= 4 is 0 Å². The molecule has 19 heavy (non-hydrogen) atoms. The average Bonchev–Trinajstić information content (AvgIpc) is 2.92. The van der Waals surface area contributed by atoms with Crippen LogP contribution < -0.4 is 0 Å². The summed E-state index contributed by atoms with van der Waals surface area (Å²) in [7, 11) is 0. The van der Waals surface area contributed by atoms with Gasteiger partial charge in [-0.25, -0.2) is 0 Å². The van der Waals surface area contributed by atoms with Crippen LogP contribution in [0.3, 0.4) is 0 Å². The molecule has 0 unspecified atom stereocenters. The summed E-state index contributed by atoms with van der Waals surface area (Å²) < 4.78 is 2.39. The summed E-state index contributed by atoms with van der Waals surface area (Å²) in [6.45, 7) is 5.84. The summed E-state index contributed by atoms with van der Waals surface area (Å²) >= 11 is 0.